The number of nitrogens with two attached hydrogens (primary N) is 1. The van der Waals surface area contributed by atoms with E-state index in [4.69, 9.17) is 5.73 Å². The third-order valence-corrected chi connectivity index (χ3v) is 4.38. The number of rotatable bonds is 9. The molecule has 0 bridgehead atoms. The van der Waals surface area contributed by atoms with Gasteiger partial charge in [-0.05, 0) is 42.4 Å². The molecule has 0 aliphatic rings. The lowest BCUT2D eigenvalue weighted by atomic mass is 9.93. The van der Waals surface area contributed by atoms with Crippen molar-refractivity contribution in [2.24, 2.45) is 17.8 Å². The van der Waals surface area contributed by atoms with Crippen molar-refractivity contribution in [2.45, 2.75) is 60.0 Å². The predicted molar refractivity (Wildman–Crippen MR) is 106 cm³/mol. The topological polar surface area (TPSA) is 104 Å². The van der Waals surface area contributed by atoms with Crippen LogP contribution >= 0.6 is 0 Å². The molecule has 6 nitrogen and oxygen atoms in total. The van der Waals surface area contributed by atoms with Gasteiger partial charge in [-0.25, -0.2) is 4.79 Å². The predicted octanol–water partition coefficient (Wildman–Crippen LogP) is 3.59. The van der Waals surface area contributed by atoms with Crippen molar-refractivity contribution in [1.82, 2.24) is 5.32 Å². The van der Waals surface area contributed by atoms with Gasteiger partial charge in [0.05, 0.1) is 11.4 Å². The van der Waals surface area contributed by atoms with Crippen LogP contribution in [0.5, 0.6) is 0 Å². The smallest absolute Gasteiger partial charge is 0.326 e. The number of benzene rings is 1. The normalized spacial score (nSPS) is 12.7. The Bertz CT molecular complexity index is 619. The molecule has 1 rings (SSSR count). The van der Waals surface area contributed by atoms with Crippen LogP contribution in [-0.2, 0) is 4.79 Å². The molecule has 1 aromatic rings. The lowest BCUT2D eigenvalue weighted by Crippen LogP contribution is -2.41. The Morgan fingerprint density at radius 3 is 2.08 bits per heavy atom. The molecule has 0 saturated heterocycles. The second-order valence-corrected chi connectivity index (χ2v) is 7.95. The van der Waals surface area contributed by atoms with Crippen molar-refractivity contribution in [1.29, 1.82) is 0 Å². The monoisotopic (exact) mass is 363 g/mol. The highest BCUT2D eigenvalue weighted by atomic mass is 16.4. The highest BCUT2D eigenvalue weighted by molar-refractivity contribution is 5.98. The molecule has 1 unspecified atom stereocenters. The third kappa shape index (κ3) is 6.24. The first-order valence-electron chi connectivity index (χ1n) is 9.22. The molecule has 1 amide bonds. The zero-order chi connectivity index (χ0) is 20.0. The number of nitrogen functional groups attached to an aromatic ring is 1. The SMILES string of the molecule is CC(C)CC(NC(=O)c1ccc(NC(C(C)C)C(C)C)c(N)c1)C(=O)O. The van der Waals surface area contributed by atoms with Crippen LogP contribution in [0.3, 0.4) is 0 Å². The van der Waals surface area contributed by atoms with E-state index >= 15 is 0 Å². The Morgan fingerprint density at radius 1 is 1.08 bits per heavy atom. The van der Waals surface area contributed by atoms with Gasteiger partial charge in [0.15, 0.2) is 0 Å². The summed E-state index contributed by atoms with van der Waals surface area (Å²) in [6, 6.07) is 4.39. The zero-order valence-electron chi connectivity index (χ0n) is 16.7. The molecule has 26 heavy (non-hydrogen) atoms. The molecule has 0 spiro atoms. The average Bonchev–Trinajstić information content (AvgIpc) is 2.51. The van der Waals surface area contributed by atoms with Crippen LogP contribution in [-0.4, -0.2) is 29.1 Å². The molecule has 5 N–H and O–H groups in total. The molecule has 0 radical (unpaired) electrons. The summed E-state index contributed by atoms with van der Waals surface area (Å²) < 4.78 is 0. The first-order chi connectivity index (χ1) is 12.0. The van der Waals surface area contributed by atoms with Gasteiger partial charge < -0.3 is 21.5 Å². The number of carboxylic acid groups (broad SMARTS) is 1. The highest BCUT2D eigenvalue weighted by Gasteiger charge is 2.22. The first kappa shape index (κ1) is 21.8. The van der Waals surface area contributed by atoms with Crippen molar-refractivity contribution in [3.63, 3.8) is 0 Å². The van der Waals surface area contributed by atoms with Crippen LogP contribution < -0.4 is 16.4 Å². The average molecular weight is 364 g/mol. The number of carboxylic acids is 1. The minimum atomic E-state index is -1.03. The summed E-state index contributed by atoms with van der Waals surface area (Å²) in [5.41, 5.74) is 7.73. The molecule has 1 atom stereocenters. The van der Waals surface area contributed by atoms with Crippen molar-refractivity contribution in [3.8, 4) is 0 Å². The summed E-state index contributed by atoms with van der Waals surface area (Å²) in [6.07, 6.45) is 0.376. The molecular formula is C20H33N3O3. The lowest BCUT2D eigenvalue weighted by Gasteiger charge is -2.28. The minimum Gasteiger partial charge on any atom is -0.480 e. The van der Waals surface area contributed by atoms with Crippen LogP contribution in [0.15, 0.2) is 18.2 Å². The Labute approximate surface area is 156 Å². The fraction of sp³-hybridized carbons (Fsp3) is 0.600. The minimum absolute atomic E-state index is 0.164. The van der Waals surface area contributed by atoms with Gasteiger partial charge in [-0.2, -0.15) is 0 Å². The quantitative estimate of drug-likeness (QED) is 0.502. The van der Waals surface area contributed by atoms with Gasteiger partial charge in [0.1, 0.15) is 6.04 Å². The maximum absolute atomic E-state index is 12.4. The molecule has 0 saturated carbocycles. The number of carbonyl (C=O) groups excluding carboxylic acids is 1. The molecule has 0 aliphatic heterocycles. The Balaban J connectivity index is 2.91. The summed E-state index contributed by atoms with van der Waals surface area (Å²) in [5.74, 6) is -0.429. The van der Waals surface area contributed by atoms with Crippen LogP contribution in [0, 0.1) is 17.8 Å². The molecule has 6 heteroatoms. The molecule has 0 heterocycles. The van der Waals surface area contributed by atoms with Gasteiger partial charge in [-0.3, -0.25) is 4.79 Å². The molecule has 0 aromatic heterocycles. The van der Waals surface area contributed by atoms with Gasteiger partial charge in [0.2, 0.25) is 0 Å². The van der Waals surface area contributed by atoms with E-state index in [1.165, 1.54) is 0 Å². The third-order valence-electron chi connectivity index (χ3n) is 4.38. The second-order valence-electron chi connectivity index (χ2n) is 7.95. The summed E-state index contributed by atoms with van der Waals surface area (Å²) in [4.78, 5) is 23.7. The van der Waals surface area contributed by atoms with Gasteiger partial charge in [-0.15, -0.1) is 0 Å². The molecule has 1 aromatic carbocycles. The maximum Gasteiger partial charge on any atom is 0.326 e. The van der Waals surface area contributed by atoms with Crippen LogP contribution in [0.4, 0.5) is 11.4 Å². The molecule has 0 aliphatic carbocycles. The lowest BCUT2D eigenvalue weighted by molar-refractivity contribution is -0.139. The number of aliphatic carboxylic acids is 1. The van der Waals surface area contributed by atoms with Gasteiger partial charge in [0.25, 0.3) is 5.91 Å². The molecule has 0 fully saturated rings. The van der Waals surface area contributed by atoms with Gasteiger partial charge in [0, 0.05) is 11.6 Å². The number of nitrogens with one attached hydrogen (secondary N) is 2. The Kier molecular flexibility index (Phi) is 7.93. The Morgan fingerprint density at radius 2 is 1.65 bits per heavy atom. The van der Waals surface area contributed by atoms with E-state index in [0.717, 1.165) is 5.69 Å². The fourth-order valence-electron chi connectivity index (χ4n) is 3.05. The maximum atomic E-state index is 12.4. The molecule has 146 valence electrons. The standard InChI is InChI=1S/C20H33N3O3/c1-11(2)9-17(20(25)26)23-19(24)14-7-8-16(15(21)10-14)22-18(12(3)4)13(5)6/h7-8,10-13,17-18,22H,9,21H2,1-6H3,(H,23,24)(H,25,26). The second kappa shape index (κ2) is 9.46. The van der Waals surface area contributed by atoms with Crippen molar-refractivity contribution in [3.05, 3.63) is 23.8 Å². The number of hydrogen-bond acceptors (Lipinski definition) is 4. The fourth-order valence-corrected chi connectivity index (χ4v) is 3.05. The Hall–Kier alpha value is -2.24. The summed E-state index contributed by atoms with van der Waals surface area (Å²) in [6.45, 7) is 12.4. The van der Waals surface area contributed by atoms with Gasteiger partial charge >= 0.3 is 5.97 Å². The summed E-state index contributed by atoms with van der Waals surface area (Å²) >= 11 is 0. The number of hydrogen-bond donors (Lipinski definition) is 4. The van der Waals surface area contributed by atoms with Crippen LogP contribution in [0.25, 0.3) is 0 Å². The van der Waals surface area contributed by atoms with E-state index in [2.05, 4.69) is 38.3 Å². The van der Waals surface area contributed by atoms with Gasteiger partial charge in [-0.1, -0.05) is 41.5 Å². The van der Waals surface area contributed by atoms with E-state index in [9.17, 15) is 14.7 Å². The summed E-state index contributed by atoms with van der Waals surface area (Å²) in [5, 5.41) is 15.3. The van der Waals surface area contributed by atoms with E-state index in [1.807, 2.05) is 13.8 Å². The number of amides is 1. The van der Waals surface area contributed by atoms with Crippen LogP contribution in [0.2, 0.25) is 0 Å². The van der Waals surface area contributed by atoms with E-state index in [0.29, 0.717) is 29.5 Å². The highest BCUT2D eigenvalue weighted by Crippen LogP contribution is 2.25. The molecular weight excluding hydrogens is 330 g/mol. The van der Waals surface area contributed by atoms with E-state index < -0.39 is 17.9 Å². The number of carbonyl (C=O) groups is 2. The largest absolute Gasteiger partial charge is 0.480 e. The van der Waals surface area contributed by atoms with Crippen molar-refractivity contribution < 1.29 is 14.7 Å². The number of anilines is 2. The van der Waals surface area contributed by atoms with E-state index in [-0.39, 0.29) is 12.0 Å². The van der Waals surface area contributed by atoms with Crippen molar-refractivity contribution >= 4 is 23.3 Å². The van der Waals surface area contributed by atoms with Crippen molar-refractivity contribution in [2.75, 3.05) is 11.1 Å². The first-order valence-corrected chi connectivity index (χ1v) is 9.22. The summed E-state index contributed by atoms with van der Waals surface area (Å²) in [7, 11) is 0. The van der Waals surface area contributed by atoms with E-state index in [1.54, 1.807) is 18.2 Å². The van der Waals surface area contributed by atoms with Crippen LogP contribution in [0.1, 0.15) is 58.3 Å². The zero-order valence-corrected chi connectivity index (χ0v) is 16.7.